The van der Waals surface area contributed by atoms with Gasteiger partial charge in [-0.2, -0.15) is 8.78 Å². The van der Waals surface area contributed by atoms with Crippen molar-refractivity contribution in [3.05, 3.63) is 29.1 Å². The Hall–Kier alpha value is -2.19. The highest BCUT2D eigenvalue weighted by Crippen LogP contribution is 2.29. The smallest absolute Gasteiger partial charge is 0.311 e. The van der Waals surface area contributed by atoms with E-state index < -0.39 is 47.2 Å². The molecule has 0 bridgehead atoms. The van der Waals surface area contributed by atoms with Gasteiger partial charge < -0.3 is 10.1 Å². The number of rotatable bonds is 11. The summed E-state index contributed by atoms with van der Waals surface area (Å²) in [4.78, 5) is 23.3. The average molecular weight is 437 g/mol. The molecule has 9 heteroatoms. The molecule has 0 atom stereocenters. The van der Waals surface area contributed by atoms with E-state index in [-0.39, 0.29) is 18.7 Å². The first-order valence-corrected chi connectivity index (χ1v) is 9.93. The van der Waals surface area contributed by atoms with Crippen LogP contribution in [0.5, 0.6) is 5.75 Å². The van der Waals surface area contributed by atoms with Gasteiger partial charge >= 0.3 is 5.97 Å². The maximum Gasteiger partial charge on any atom is 0.311 e. The molecule has 4 nitrogen and oxygen atoms in total. The van der Waals surface area contributed by atoms with Crippen LogP contribution in [-0.4, -0.2) is 18.4 Å². The van der Waals surface area contributed by atoms with Gasteiger partial charge in [0.05, 0.1) is 0 Å². The largest absolute Gasteiger partial charge is 0.420 e. The second-order valence-corrected chi connectivity index (χ2v) is 8.30. The zero-order valence-corrected chi connectivity index (χ0v) is 17.5. The average Bonchev–Trinajstić information content (AvgIpc) is 2.66. The maximum absolute atomic E-state index is 13.5. The Morgan fingerprint density at radius 3 is 1.87 bits per heavy atom. The zero-order chi connectivity index (χ0) is 22.9. The normalized spacial score (nSPS) is 11.5. The minimum atomic E-state index is -2.34. The lowest BCUT2D eigenvalue weighted by atomic mass is 9.89. The summed E-state index contributed by atoms with van der Waals surface area (Å²) in [6.07, 6.45) is 4.73. The van der Waals surface area contributed by atoms with E-state index in [2.05, 4.69) is 30.8 Å². The van der Waals surface area contributed by atoms with E-state index >= 15 is 0 Å². The maximum atomic E-state index is 13.5. The Morgan fingerprint density at radius 2 is 1.30 bits per heavy atom. The van der Waals surface area contributed by atoms with Crippen molar-refractivity contribution < 1.29 is 36.3 Å². The minimum Gasteiger partial charge on any atom is -0.420 e. The second-order valence-electron chi connectivity index (χ2n) is 8.30. The number of halogens is 5. The van der Waals surface area contributed by atoms with Gasteiger partial charge in [-0.05, 0) is 24.7 Å². The van der Waals surface area contributed by atoms with Crippen LogP contribution in [0.1, 0.15) is 72.1 Å². The highest BCUT2D eigenvalue weighted by Gasteiger charge is 2.28. The molecule has 0 heterocycles. The number of esters is 1. The van der Waals surface area contributed by atoms with E-state index in [1.165, 1.54) is 0 Å². The van der Waals surface area contributed by atoms with E-state index in [4.69, 9.17) is 0 Å². The Balaban J connectivity index is 2.27. The lowest BCUT2D eigenvalue weighted by Crippen LogP contribution is -2.24. The quantitative estimate of drug-likeness (QED) is 0.123. The van der Waals surface area contributed by atoms with Crippen LogP contribution in [0.4, 0.5) is 22.0 Å². The molecule has 0 saturated carbocycles. The summed E-state index contributed by atoms with van der Waals surface area (Å²) in [5, 5.41) is 2.70. The third-order valence-electron chi connectivity index (χ3n) is 4.35. The Labute approximate surface area is 173 Å². The van der Waals surface area contributed by atoms with Gasteiger partial charge in [0, 0.05) is 19.4 Å². The summed E-state index contributed by atoms with van der Waals surface area (Å²) in [6, 6.07) is 0. The van der Waals surface area contributed by atoms with Crippen LogP contribution in [-0.2, 0) is 9.59 Å². The van der Waals surface area contributed by atoms with Crippen molar-refractivity contribution in [2.45, 2.75) is 72.1 Å². The number of nitrogens with one attached hydrogen (secondary N) is 1. The van der Waals surface area contributed by atoms with Crippen molar-refractivity contribution in [2.75, 3.05) is 6.54 Å². The molecular formula is C21H28F5NO3. The molecule has 1 aromatic carbocycles. The molecule has 0 unspecified atom stereocenters. The van der Waals surface area contributed by atoms with Crippen LogP contribution in [0.3, 0.4) is 0 Å². The molecule has 0 aromatic heterocycles. The molecule has 170 valence electrons. The molecule has 0 radical (unpaired) electrons. The molecule has 1 N–H and O–H groups in total. The molecule has 0 fully saturated rings. The van der Waals surface area contributed by atoms with E-state index in [1.54, 1.807) is 0 Å². The second kappa shape index (κ2) is 11.9. The molecule has 1 amide bonds. The third-order valence-corrected chi connectivity index (χ3v) is 4.35. The van der Waals surface area contributed by atoms with Crippen molar-refractivity contribution in [3.8, 4) is 5.75 Å². The third kappa shape index (κ3) is 8.67. The fourth-order valence-corrected chi connectivity index (χ4v) is 2.68. The lowest BCUT2D eigenvalue weighted by molar-refractivity contribution is -0.135. The molecule has 30 heavy (non-hydrogen) atoms. The topological polar surface area (TPSA) is 55.4 Å². The summed E-state index contributed by atoms with van der Waals surface area (Å²) in [7, 11) is 0. The summed E-state index contributed by atoms with van der Waals surface area (Å²) < 4.78 is 70.3. The predicted octanol–water partition coefficient (Wildman–Crippen LogP) is 5.57. The lowest BCUT2D eigenvalue weighted by Gasteiger charge is -2.17. The van der Waals surface area contributed by atoms with Crippen molar-refractivity contribution in [3.63, 3.8) is 0 Å². The van der Waals surface area contributed by atoms with Crippen LogP contribution in [0.25, 0.3) is 0 Å². The molecule has 0 spiro atoms. The SMILES string of the molecule is CC(C)(C)CCCCCCNC(=O)CCCC(=O)Oc1c(F)c(F)c(F)c(F)c1F. The zero-order valence-electron chi connectivity index (χ0n) is 17.5. The highest BCUT2D eigenvalue weighted by atomic mass is 19.2. The Kier molecular flexibility index (Phi) is 10.2. The number of carbonyl (C=O) groups excluding carboxylic acids is 2. The standard InChI is InChI=1S/C21H28F5NO3/c1-21(2,3)11-6-4-5-7-12-27-13(28)9-8-10-14(29)30-20-18(25)16(23)15(22)17(24)19(20)26/h4-12H2,1-3H3,(H,27,28). The summed E-state index contributed by atoms with van der Waals surface area (Å²) in [5.41, 5.74) is 0.311. The fourth-order valence-electron chi connectivity index (χ4n) is 2.68. The predicted molar refractivity (Wildman–Crippen MR) is 101 cm³/mol. The summed E-state index contributed by atoms with van der Waals surface area (Å²) in [5.74, 6) is -14.3. The first kappa shape index (κ1) is 25.8. The van der Waals surface area contributed by atoms with Gasteiger partial charge in [0.15, 0.2) is 0 Å². The molecule has 0 aliphatic rings. The van der Waals surface area contributed by atoms with E-state index in [0.717, 1.165) is 32.1 Å². The number of amides is 1. The Morgan fingerprint density at radius 1 is 0.767 bits per heavy atom. The van der Waals surface area contributed by atoms with Gasteiger partial charge in [0.25, 0.3) is 0 Å². The number of benzene rings is 1. The minimum absolute atomic E-state index is 0.00560. The van der Waals surface area contributed by atoms with Crippen molar-refractivity contribution >= 4 is 11.9 Å². The van der Waals surface area contributed by atoms with Gasteiger partial charge in [-0.1, -0.05) is 40.0 Å². The summed E-state index contributed by atoms with van der Waals surface area (Å²) >= 11 is 0. The van der Waals surface area contributed by atoms with Crippen molar-refractivity contribution in [1.29, 1.82) is 0 Å². The van der Waals surface area contributed by atoms with Crippen LogP contribution < -0.4 is 10.1 Å². The molecule has 0 aliphatic carbocycles. The monoisotopic (exact) mass is 437 g/mol. The van der Waals surface area contributed by atoms with Crippen molar-refractivity contribution in [2.24, 2.45) is 5.41 Å². The number of carbonyl (C=O) groups is 2. The van der Waals surface area contributed by atoms with E-state index in [0.29, 0.717) is 12.0 Å². The van der Waals surface area contributed by atoms with Gasteiger partial charge in [-0.15, -0.1) is 0 Å². The van der Waals surface area contributed by atoms with Gasteiger partial charge in [-0.3, -0.25) is 9.59 Å². The molecule has 0 saturated heterocycles. The van der Waals surface area contributed by atoms with E-state index in [1.807, 2.05) is 0 Å². The van der Waals surface area contributed by atoms with Crippen LogP contribution in [0, 0.1) is 34.5 Å². The Bertz CT molecular complexity index is 718. The molecular weight excluding hydrogens is 409 g/mol. The first-order chi connectivity index (χ1) is 13.9. The number of hydrogen-bond donors (Lipinski definition) is 1. The molecule has 1 rings (SSSR count). The van der Waals surface area contributed by atoms with Crippen LogP contribution in [0.15, 0.2) is 0 Å². The molecule has 0 aliphatic heterocycles. The number of ether oxygens (including phenoxy) is 1. The fraction of sp³-hybridized carbons (Fsp3) is 0.619. The first-order valence-electron chi connectivity index (χ1n) is 9.93. The van der Waals surface area contributed by atoms with Gasteiger partial charge in [0.1, 0.15) is 0 Å². The van der Waals surface area contributed by atoms with Crippen molar-refractivity contribution in [1.82, 2.24) is 5.32 Å². The van der Waals surface area contributed by atoms with Gasteiger partial charge in [-0.25, -0.2) is 13.2 Å². The number of unbranched alkanes of at least 4 members (excludes halogenated alkanes) is 3. The molecule has 1 aromatic rings. The van der Waals surface area contributed by atoms with Crippen LogP contribution in [0.2, 0.25) is 0 Å². The van der Waals surface area contributed by atoms with E-state index in [9.17, 15) is 31.5 Å². The van der Waals surface area contributed by atoms with Crippen LogP contribution >= 0.6 is 0 Å². The highest BCUT2D eigenvalue weighted by molar-refractivity contribution is 5.77. The summed E-state index contributed by atoms with van der Waals surface area (Å²) in [6.45, 7) is 7.06. The van der Waals surface area contributed by atoms with Gasteiger partial charge in [0.2, 0.25) is 40.7 Å². The number of hydrogen-bond acceptors (Lipinski definition) is 3.